The van der Waals surface area contributed by atoms with Crippen LogP contribution in [0.4, 0.5) is 0 Å². The molecule has 1 aliphatic rings. The molecule has 0 saturated carbocycles. The molecule has 5 rings (SSSR count). The quantitative estimate of drug-likeness (QED) is 0.463. The van der Waals surface area contributed by atoms with Crippen molar-refractivity contribution in [1.29, 1.82) is 0 Å². The zero-order valence-electron chi connectivity index (χ0n) is 14.8. The first kappa shape index (κ1) is 17.3. The molecule has 0 spiro atoms. The Morgan fingerprint density at radius 1 is 1.18 bits per heavy atom. The van der Waals surface area contributed by atoms with Gasteiger partial charge in [-0.2, -0.15) is 9.50 Å². The predicted octanol–water partition coefficient (Wildman–Crippen LogP) is 3.94. The largest absolute Gasteiger partial charge is 0.485 e. The van der Waals surface area contributed by atoms with Gasteiger partial charge in [0.05, 0.1) is 4.53 Å². The second-order valence-electron chi connectivity index (χ2n) is 6.49. The van der Waals surface area contributed by atoms with Gasteiger partial charge in [0, 0.05) is 15.6 Å². The number of rotatable bonds is 2. The van der Waals surface area contributed by atoms with Gasteiger partial charge in [-0.3, -0.25) is 4.79 Å². The number of hydrogen-bond acceptors (Lipinski definition) is 5. The highest BCUT2D eigenvalue weighted by molar-refractivity contribution is 9.10. The third-order valence-electron chi connectivity index (χ3n) is 4.60. The first-order chi connectivity index (χ1) is 13.6. The van der Waals surface area contributed by atoms with Crippen LogP contribution in [-0.4, -0.2) is 20.7 Å². The van der Waals surface area contributed by atoms with E-state index in [1.54, 1.807) is 0 Å². The monoisotopic (exact) mass is 451 g/mol. The van der Waals surface area contributed by atoms with Crippen molar-refractivity contribution < 1.29 is 4.74 Å². The zero-order chi connectivity index (χ0) is 19.3. The van der Waals surface area contributed by atoms with E-state index in [9.17, 15) is 4.79 Å². The molecule has 2 aromatic heterocycles. The standard InChI is InChI=1S/C21H14BrN3O2S/c1-12-15(10-14-4-2-3-5-17(14)27-12)11-18-20(26)25-21(28-18)23-19(24-25)13-6-8-16(22)9-7-13/h2-12H,1H3. The number of aromatic nitrogens is 3. The maximum Gasteiger partial charge on any atom is 0.291 e. The highest BCUT2D eigenvalue weighted by Crippen LogP contribution is 2.29. The Hall–Kier alpha value is -2.77. The van der Waals surface area contributed by atoms with Gasteiger partial charge < -0.3 is 4.74 Å². The van der Waals surface area contributed by atoms with Crippen LogP contribution in [0.25, 0.3) is 28.5 Å². The van der Waals surface area contributed by atoms with E-state index in [-0.39, 0.29) is 11.7 Å². The average Bonchev–Trinajstić information content (AvgIpc) is 3.23. The highest BCUT2D eigenvalue weighted by atomic mass is 79.9. The minimum Gasteiger partial charge on any atom is -0.485 e. The van der Waals surface area contributed by atoms with Crippen LogP contribution in [0.2, 0.25) is 0 Å². The second-order valence-corrected chi connectivity index (χ2v) is 8.42. The van der Waals surface area contributed by atoms with Crippen molar-refractivity contribution in [3.8, 4) is 17.1 Å². The summed E-state index contributed by atoms with van der Waals surface area (Å²) in [5.41, 5.74) is 2.67. The Bertz CT molecular complexity index is 1340. The van der Waals surface area contributed by atoms with Crippen LogP contribution in [0.1, 0.15) is 12.5 Å². The molecule has 0 bridgehead atoms. The molecule has 0 N–H and O–H groups in total. The summed E-state index contributed by atoms with van der Waals surface area (Å²) < 4.78 is 8.91. The van der Waals surface area contributed by atoms with Gasteiger partial charge in [0.25, 0.3) is 5.56 Å². The number of nitrogens with zero attached hydrogens (tertiary/aromatic N) is 3. The van der Waals surface area contributed by atoms with Gasteiger partial charge in [0.15, 0.2) is 5.82 Å². The Balaban J connectivity index is 1.58. The average molecular weight is 452 g/mol. The van der Waals surface area contributed by atoms with Crippen LogP contribution < -0.4 is 14.8 Å². The van der Waals surface area contributed by atoms with Crippen LogP contribution in [0.5, 0.6) is 5.75 Å². The molecule has 5 nitrogen and oxygen atoms in total. The summed E-state index contributed by atoms with van der Waals surface area (Å²) in [6, 6.07) is 15.6. The summed E-state index contributed by atoms with van der Waals surface area (Å²) in [5.74, 6) is 1.40. The molecule has 28 heavy (non-hydrogen) atoms. The third-order valence-corrected chi connectivity index (χ3v) is 6.08. The van der Waals surface area contributed by atoms with E-state index in [4.69, 9.17) is 4.74 Å². The smallest absolute Gasteiger partial charge is 0.291 e. The fourth-order valence-corrected chi connectivity index (χ4v) is 4.30. The van der Waals surface area contributed by atoms with Gasteiger partial charge in [-0.05, 0) is 42.8 Å². The van der Waals surface area contributed by atoms with Crippen molar-refractivity contribution in [2.75, 3.05) is 0 Å². The predicted molar refractivity (Wildman–Crippen MR) is 114 cm³/mol. The molecular weight excluding hydrogens is 438 g/mol. The summed E-state index contributed by atoms with van der Waals surface area (Å²) in [5, 5.41) is 4.40. The van der Waals surface area contributed by atoms with Gasteiger partial charge >= 0.3 is 0 Å². The van der Waals surface area contributed by atoms with Crippen LogP contribution in [0.15, 0.2) is 63.4 Å². The fraction of sp³-hybridized carbons (Fsp3) is 0.0952. The van der Waals surface area contributed by atoms with Gasteiger partial charge in [0.1, 0.15) is 11.9 Å². The van der Waals surface area contributed by atoms with Crippen molar-refractivity contribution in [1.82, 2.24) is 14.6 Å². The summed E-state index contributed by atoms with van der Waals surface area (Å²) in [6.07, 6.45) is 3.81. The molecule has 2 aromatic carbocycles. The molecule has 1 atom stereocenters. The lowest BCUT2D eigenvalue weighted by molar-refractivity contribution is 0.259. The van der Waals surface area contributed by atoms with Crippen molar-refractivity contribution in [2.24, 2.45) is 0 Å². The number of thiazole rings is 1. The molecule has 7 heteroatoms. The van der Waals surface area contributed by atoms with E-state index in [0.29, 0.717) is 15.3 Å². The first-order valence-corrected chi connectivity index (χ1v) is 10.3. The Labute approximate surface area is 172 Å². The number of ether oxygens (including phenoxy) is 1. The molecule has 138 valence electrons. The highest BCUT2D eigenvalue weighted by Gasteiger charge is 2.18. The van der Waals surface area contributed by atoms with Crippen LogP contribution in [0.3, 0.4) is 0 Å². The summed E-state index contributed by atoms with van der Waals surface area (Å²) in [7, 11) is 0. The van der Waals surface area contributed by atoms with Crippen molar-refractivity contribution >= 4 is 44.4 Å². The van der Waals surface area contributed by atoms with Gasteiger partial charge in [-0.15, -0.1) is 5.10 Å². The summed E-state index contributed by atoms with van der Waals surface area (Å²) in [4.78, 5) is 17.9. The molecule has 0 saturated heterocycles. The maximum absolute atomic E-state index is 12.8. The van der Waals surface area contributed by atoms with E-state index < -0.39 is 0 Å². The normalized spacial score (nSPS) is 16.7. The number of hydrogen-bond donors (Lipinski definition) is 0. The summed E-state index contributed by atoms with van der Waals surface area (Å²) >= 11 is 4.75. The number of benzene rings is 2. The molecular formula is C21H14BrN3O2S. The molecule has 0 aliphatic carbocycles. The lowest BCUT2D eigenvalue weighted by Crippen LogP contribution is -2.26. The summed E-state index contributed by atoms with van der Waals surface area (Å²) in [6.45, 7) is 1.98. The van der Waals surface area contributed by atoms with Gasteiger partial charge in [-0.25, -0.2) is 0 Å². The lowest BCUT2D eigenvalue weighted by atomic mass is 10.0. The third kappa shape index (κ3) is 2.96. The Kier molecular flexibility index (Phi) is 4.14. The van der Waals surface area contributed by atoms with Crippen molar-refractivity contribution in [2.45, 2.75) is 13.0 Å². The second kappa shape index (κ2) is 6.68. The molecule has 4 aromatic rings. The molecule has 1 aliphatic heterocycles. The van der Waals surface area contributed by atoms with Gasteiger partial charge in [-0.1, -0.05) is 57.6 Å². The SMILES string of the molecule is CC1Oc2ccccc2C=C1C=c1sc2nc(-c3ccc(Br)cc3)nn2c1=O. The van der Waals surface area contributed by atoms with Crippen molar-refractivity contribution in [3.05, 3.63) is 79.0 Å². The number of para-hydroxylation sites is 1. The molecule has 3 heterocycles. The molecule has 0 fully saturated rings. The molecule has 0 amide bonds. The van der Waals surface area contributed by atoms with E-state index in [1.165, 1.54) is 15.9 Å². The zero-order valence-corrected chi connectivity index (χ0v) is 17.2. The Morgan fingerprint density at radius 3 is 2.75 bits per heavy atom. The maximum atomic E-state index is 12.8. The van der Waals surface area contributed by atoms with Crippen LogP contribution in [-0.2, 0) is 0 Å². The van der Waals surface area contributed by atoms with E-state index in [1.807, 2.05) is 61.5 Å². The van der Waals surface area contributed by atoms with E-state index >= 15 is 0 Å². The van der Waals surface area contributed by atoms with Gasteiger partial charge in [0.2, 0.25) is 4.96 Å². The minimum absolute atomic E-state index is 0.130. The number of fused-ring (bicyclic) bond motifs is 2. The van der Waals surface area contributed by atoms with E-state index in [2.05, 4.69) is 32.1 Å². The first-order valence-electron chi connectivity index (χ1n) is 8.73. The van der Waals surface area contributed by atoms with Crippen LogP contribution in [0, 0.1) is 0 Å². The number of halogens is 1. The molecule has 0 radical (unpaired) electrons. The van der Waals surface area contributed by atoms with Crippen LogP contribution >= 0.6 is 27.3 Å². The Morgan fingerprint density at radius 2 is 1.96 bits per heavy atom. The van der Waals surface area contributed by atoms with E-state index in [0.717, 1.165) is 26.9 Å². The minimum atomic E-state index is -0.164. The van der Waals surface area contributed by atoms with Crippen molar-refractivity contribution in [3.63, 3.8) is 0 Å². The topological polar surface area (TPSA) is 56.5 Å². The fourth-order valence-electron chi connectivity index (χ4n) is 3.13. The molecule has 1 unspecified atom stereocenters. The lowest BCUT2D eigenvalue weighted by Gasteiger charge is -2.22.